The van der Waals surface area contributed by atoms with Crippen molar-refractivity contribution >= 4 is 11.6 Å². The molecule has 1 fully saturated rings. The van der Waals surface area contributed by atoms with Crippen molar-refractivity contribution in [2.24, 2.45) is 5.92 Å². The number of ether oxygens (including phenoxy) is 2. The van der Waals surface area contributed by atoms with Crippen LogP contribution in [-0.4, -0.2) is 43.7 Å². The summed E-state index contributed by atoms with van der Waals surface area (Å²) in [6.45, 7) is 5.85. The first-order valence-corrected chi connectivity index (χ1v) is 7.62. The van der Waals surface area contributed by atoms with Gasteiger partial charge in [-0.2, -0.15) is 0 Å². The van der Waals surface area contributed by atoms with Gasteiger partial charge in [-0.15, -0.1) is 0 Å². The normalized spacial score (nSPS) is 21.9. The minimum atomic E-state index is 0.0285. The summed E-state index contributed by atoms with van der Waals surface area (Å²) < 4.78 is 11.0. The first kappa shape index (κ1) is 14.2. The zero-order valence-electron chi connectivity index (χ0n) is 12.4. The number of fused-ring (bicyclic) bond motifs is 1. The Kier molecular flexibility index (Phi) is 4.29. The van der Waals surface area contributed by atoms with Gasteiger partial charge in [-0.25, -0.2) is 0 Å². The van der Waals surface area contributed by atoms with Crippen molar-refractivity contribution in [1.29, 1.82) is 0 Å². The minimum Gasteiger partial charge on any atom is -0.486 e. The van der Waals surface area contributed by atoms with Crippen LogP contribution < -0.4 is 14.8 Å². The number of nitrogens with zero attached hydrogens (tertiary/aromatic N) is 1. The maximum atomic E-state index is 12.1. The fraction of sp³-hybridized carbons (Fsp3) is 0.562. The van der Waals surface area contributed by atoms with E-state index in [1.54, 1.807) is 0 Å². The van der Waals surface area contributed by atoms with E-state index < -0.39 is 0 Å². The van der Waals surface area contributed by atoms with Crippen molar-refractivity contribution in [1.82, 2.24) is 4.90 Å². The lowest BCUT2D eigenvalue weighted by Crippen LogP contribution is -2.39. The van der Waals surface area contributed by atoms with E-state index in [9.17, 15) is 4.79 Å². The second-order valence-electron chi connectivity index (χ2n) is 5.89. The molecule has 2 aliphatic rings. The topological polar surface area (TPSA) is 50.8 Å². The van der Waals surface area contributed by atoms with Crippen LogP contribution in [0, 0.1) is 5.92 Å². The van der Waals surface area contributed by atoms with Crippen LogP contribution in [0.4, 0.5) is 5.69 Å². The molecular formula is C16H22N2O3. The van der Waals surface area contributed by atoms with Gasteiger partial charge >= 0.3 is 0 Å². The van der Waals surface area contributed by atoms with E-state index in [4.69, 9.17) is 9.47 Å². The average Bonchev–Trinajstić information content (AvgIpc) is 2.47. The van der Waals surface area contributed by atoms with E-state index in [-0.39, 0.29) is 5.91 Å². The van der Waals surface area contributed by atoms with Gasteiger partial charge in [0.25, 0.3) is 0 Å². The van der Waals surface area contributed by atoms with E-state index in [0.29, 0.717) is 31.4 Å². The van der Waals surface area contributed by atoms with Gasteiger partial charge in [0.2, 0.25) is 5.91 Å². The number of nitrogens with one attached hydrogen (secondary N) is 1. The summed E-state index contributed by atoms with van der Waals surface area (Å²) in [5.74, 6) is 2.15. The Bertz CT molecular complexity index is 518. The number of hydrogen-bond acceptors (Lipinski definition) is 4. The highest BCUT2D eigenvalue weighted by Gasteiger charge is 2.19. The van der Waals surface area contributed by atoms with Crippen LogP contribution in [0.1, 0.15) is 19.8 Å². The molecule has 0 aliphatic carbocycles. The van der Waals surface area contributed by atoms with Crippen molar-refractivity contribution in [3.8, 4) is 11.5 Å². The number of carbonyl (C=O) groups excluding carboxylic acids is 1. The molecule has 1 aromatic rings. The second-order valence-corrected chi connectivity index (χ2v) is 5.89. The Morgan fingerprint density at radius 2 is 2.14 bits per heavy atom. The molecular weight excluding hydrogens is 268 g/mol. The van der Waals surface area contributed by atoms with Crippen molar-refractivity contribution in [2.75, 3.05) is 38.2 Å². The molecule has 1 atom stereocenters. The van der Waals surface area contributed by atoms with E-state index in [0.717, 1.165) is 24.5 Å². The van der Waals surface area contributed by atoms with Crippen LogP contribution in [-0.2, 0) is 4.79 Å². The molecule has 5 heteroatoms. The van der Waals surface area contributed by atoms with Crippen LogP contribution in [0.2, 0.25) is 0 Å². The highest BCUT2D eigenvalue weighted by molar-refractivity contribution is 5.92. The van der Waals surface area contributed by atoms with Crippen molar-refractivity contribution in [2.45, 2.75) is 19.8 Å². The zero-order valence-corrected chi connectivity index (χ0v) is 12.4. The van der Waals surface area contributed by atoms with Gasteiger partial charge in [0.05, 0.1) is 6.54 Å². The molecule has 0 bridgehead atoms. The second kappa shape index (κ2) is 6.35. The molecule has 21 heavy (non-hydrogen) atoms. The molecule has 0 spiro atoms. The van der Waals surface area contributed by atoms with E-state index in [1.807, 2.05) is 18.2 Å². The third-order valence-corrected chi connectivity index (χ3v) is 3.93. The molecule has 5 nitrogen and oxygen atoms in total. The van der Waals surface area contributed by atoms with Crippen LogP contribution in [0.5, 0.6) is 11.5 Å². The molecule has 2 aliphatic heterocycles. The van der Waals surface area contributed by atoms with Crippen LogP contribution in [0.15, 0.2) is 18.2 Å². The minimum absolute atomic E-state index is 0.0285. The van der Waals surface area contributed by atoms with E-state index in [1.165, 1.54) is 12.8 Å². The maximum Gasteiger partial charge on any atom is 0.238 e. The number of anilines is 1. The fourth-order valence-electron chi connectivity index (χ4n) is 2.96. The SMILES string of the molecule is C[C@H]1CCCN(CC(=O)Nc2ccc3c(c2)OCCO3)C1. The van der Waals surface area contributed by atoms with Gasteiger partial charge in [0, 0.05) is 18.3 Å². The molecule has 0 radical (unpaired) electrons. The van der Waals surface area contributed by atoms with Crippen molar-refractivity contribution in [3.05, 3.63) is 18.2 Å². The summed E-state index contributed by atoms with van der Waals surface area (Å²) in [5.41, 5.74) is 0.759. The van der Waals surface area contributed by atoms with E-state index in [2.05, 4.69) is 17.1 Å². The van der Waals surface area contributed by atoms with Gasteiger partial charge in [0.15, 0.2) is 11.5 Å². The summed E-state index contributed by atoms with van der Waals surface area (Å²) in [6.07, 6.45) is 2.44. The molecule has 0 unspecified atom stereocenters. The third kappa shape index (κ3) is 3.67. The Morgan fingerprint density at radius 3 is 2.95 bits per heavy atom. The third-order valence-electron chi connectivity index (χ3n) is 3.93. The number of amides is 1. The van der Waals surface area contributed by atoms with Crippen LogP contribution in [0.3, 0.4) is 0 Å². The first-order valence-electron chi connectivity index (χ1n) is 7.62. The van der Waals surface area contributed by atoms with Crippen molar-refractivity contribution < 1.29 is 14.3 Å². The molecule has 114 valence electrons. The van der Waals surface area contributed by atoms with Gasteiger partial charge in [-0.05, 0) is 37.4 Å². The molecule has 1 saturated heterocycles. The van der Waals surface area contributed by atoms with Crippen LogP contribution >= 0.6 is 0 Å². The zero-order chi connectivity index (χ0) is 14.7. The molecule has 0 saturated carbocycles. The first-order chi connectivity index (χ1) is 10.2. The van der Waals surface area contributed by atoms with Crippen LogP contribution in [0.25, 0.3) is 0 Å². The number of rotatable bonds is 3. The predicted octanol–water partition coefficient (Wildman–Crippen LogP) is 2.13. The summed E-state index contributed by atoms with van der Waals surface area (Å²) in [4.78, 5) is 14.4. The smallest absolute Gasteiger partial charge is 0.238 e. The lowest BCUT2D eigenvalue weighted by molar-refractivity contribution is -0.117. The Hall–Kier alpha value is -1.75. The molecule has 2 heterocycles. The van der Waals surface area contributed by atoms with Gasteiger partial charge < -0.3 is 14.8 Å². The lowest BCUT2D eigenvalue weighted by atomic mass is 10.0. The largest absolute Gasteiger partial charge is 0.486 e. The fourth-order valence-corrected chi connectivity index (χ4v) is 2.96. The van der Waals surface area contributed by atoms with Crippen molar-refractivity contribution in [3.63, 3.8) is 0 Å². The number of carbonyl (C=O) groups is 1. The highest BCUT2D eigenvalue weighted by atomic mass is 16.6. The van der Waals surface area contributed by atoms with Gasteiger partial charge in [-0.3, -0.25) is 9.69 Å². The van der Waals surface area contributed by atoms with Gasteiger partial charge in [-0.1, -0.05) is 6.92 Å². The predicted molar refractivity (Wildman–Crippen MR) is 80.9 cm³/mol. The summed E-state index contributed by atoms with van der Waals surface area (Å²) in [5, 5.41) is 2.94. The Balaban J connectivity index is 1.57. The Morgan fingerprint density at radius 1 is 1.33 bits per heavy atom. The quantitative estimate of drug-likeness (QED) is 0.926. The van der Waals surface area contributed by atoms with Gasteiger partial charge in [0.1, 0.15) is 13.2 Å². The standard InChI is InChI=1S/C16H22N2O3/c1-12-3-2-6-18(10-12)11-16(19)17-13-4-5-14-15(9-13)21-8-7-20-14/h4-5,9,12H,2-3,6-8,10-11H2,1H3,(H,17,19)/t12-/m0/s1. The average molecular weight is 290 g/mol. The summed E-state index contributed by atoms with van der Waals surface area (Å²) >= 11 is 0. The molecule has 0 aromatic heterocycles. The number of benzene rings is 1. The molecule has 1 N–H and O–H groups in total. The number of likely N-dealkylation sites (tertiary alicyclic amines) is 1. The monoisotopic (exact) mass is 290 g/mol. The lowest BCUT2D eigenvalue weighted by Gasteiger charge is -2.30. The number of piperidine rings is 1. The Labute approximate surface area is 125 Å². The number of hydrogen-bond donors (Lipinski definition) is 1. The highest BCUT2D eigenvalue weighted by Crippen LogP contribution is 2.32. The molecule has 1 amide bonds. The van der Waals surface area contributed by atoms with E-state index >= 15 is 0 Å². The molecule has 1 aromatic carbocycles. The maximum absolute atomic E-state index is 12.1. The summed E-state index contributed by atoms with van der Waals surface area (Å²) in [6, 6.07) is 5.52. The summed E-state index contributed by atoms with van der Waals surface area (Å²) in [7, 11) is 0. The molecule has 3 rings (SSSR count).